The highest BCUT2D eigenvalue weighted by molar-refractivity contribution is 6.36. The molecule has 0 aliphatic heterocycles. The first-order chi connectivity index (χ1) is 10.2. The molecule has 1 heterocycles. The summed E-state index contributed by atoms with van der Waals surface area (Å²) in [5, 5.41) is 13.6. The molecular weight excluding hydrogens is 286 g/mol. The molecule has 1 aromatic heterocycles. The van der Waals surface area contributed by atoms with Crippen molar-refractivity contribution in [2.45, 2.75) is 25.7 Å². The fourth-order valence-electron chi connectivity index (χ4n) is 2.85. The molecule has 1 saturated carbocycles. The maximum atomic E-state index is 12.5. The quantitative estimate of drug-likeness (QED) is 0.914. The number of carbonyl (C=O) groups excluding carboxylic acids is 1. The SMILES string of the molecule is N#CC1(C(=O)Nc2ccc(Cl)c3cccnc23)CCCC1. The summed E-state index contributed by atoms with van der Waals surface area (Å²) in [4.78, 5) is 16.8. The second kappa shape index (κ2) is 5.34. The minimum atomic E-state index is -0.902. The van der Waals surface area contributed by atoms with Crippen LogP contribution in [0.3, 0.4) is 0 Å². The molecule has 1 N–H and O–H groups in total. The molecule has 3 rings (SSSR count). The van der Waals surface area contributed by atoms with Gasteiger partial charge in [-0.25, -0.2) is 0 Å². The zero-order valence-electron chi connectivity index (χ0n) is 11.4. The van der Waals surface area contributed by atoms with Crippen LogP contribution < -0.4 is 5.32 Å². The normalized spacial score (nSPS) is 16.6. The van der Waals surface area contributed by atoms with Crippen LogP contribution in [0, 0.1) is 16.7 Å². The lowest BCUT2D eigenvalue weighted by Gasteiger charge is -2.19. The number of fused-ring (bicyclic) bond motifs is 1. The first-order valence-corrected chi connectivity index (χ1v) is 7.30. The van der Waals surface area contributed by atoms with E-state index >= 15 is 0 Å². The fourth-order valence-corrected chi connectivity index (χ4v) is 3.06. The molecule has 0 bridgehead atoms. The van der Waals surface area contributed by atoms with Gasteiger partial charge in [-0.2, -0.15) is 5.26 Å². The van der Waals surface area contributed by atoms with E-state index in [0.29, 0.717) is 29.1 Å². The van der Waals surface area contributed by atoms with Crippen molar-refractivity contribution in [3.05, 3.63) is 35.5 Å². The minimum absolute atomic E-state index is 0.239. The van der Waals surface area contributed by atoms with Crippen molar-refractivity contribution in [2.24, 2.45) is 5.41 Å². The van der Waals surface area contributed by atoms with Gasteiger partial charge in [-0.1, -0.05) is 24.4 Å². The van der Waals surface area contributed by atoms with Crippen LogP contribution in [0.5, 0.6) is 0 Å². The molecule has 1 aromatic carbocycles. The third kappa shape index (κ3) is 2.34. The van der Waals surface area contributed by atoms with Crippen molar-refractivity contribution in [1.82, 2.24) is 4.98 Å². The van der Waals surface area contributed by atoms with Crippen LogP contribution in [0.15, 0.2) is 30.5 Å². The molecule has 0 unspecified atom stereocenters. The van der Waals surface area contributed by atoms with E-state index in [1.54, 1.807) is 24.4 Å². The summed E-state index contributed by atoms with van der Waals surface area (Å²) in [6.07, 6.45) is 4.73. The summed E-state index contributed by atoms with van der Waals surface area (Å²) >= 11 is 6.14. The standard InChI is InChI=1S/C16H14ClN3O/c17-12-5-6-13(14-11(12)4-3-9-19-14)20-15(21)16(10-18)7-1-2-8-16/h3-6,9H,1-2,7-8H2,(H,20,21). The van der Waals surface area contributed by atoms with Gasteiger partial charge in [-0.15, -0.1) is 0 Å². The molecule has 4 nitrogen and oxygen atoms in total. The largest absolute Gasteiger partial charge is 0.323 e. The third-order valence-corrected chi connectivity index (χ3v) is 4.40. The zero-order valence-corrected chi connectivity index (χ0v) is 12.2. The Kier molecular flexibility index (Phi) is 3.52. The summed E-state index contributed by atoms with van der Waals surface area (Å²) < 4.78 is 0. The number of hydrogen-bond acceptors (Lipinski definition) is 3. The Morgan fingerprint density at radius 3 is 2.81 bits per heavy atom. The number of anilines is 1. The molecule has 21 heavy (non-hydrogen) atoms. The number of rotatable bonds is 2. The summed E-state index contributed by atoms with van der Waals surface area (Å²) in [5.74, 6) is -0.239. The van der Waals surface area contributed by atoms with E-state index in [9.17, 15) is 10.1 Å². The van der Waals surface area contributed by atoms with Crippen LogP contribution in [-0.4, -0.2) is 10.9 Å². The van der Waals surface area contributed by atoms with Gasteiger partial charge in [-0.05, 0) is 37.1 Å². The molecule has 0 radical (unpaired) electrons. The van der Waals surface area contributed by atoms with Gasteiger partial charge in [0.2, 0.25) is 5.91 Å². The van der Waals surface area contributed by atoms with E-state index < -0.39 is 5.41 Å². The molecule has 2 aromatic rings. The lowest BCUT2D eigenvalue weighted by atomic mass is 9.87. The number of nitrogens with one attached hydrogen (secondary N) is 1. The van der Waals surface area contributed by atoms with Crippen molar-refractivity contribution in [2.75, 3.05) is 5.32 Å². The van der Waals surface area contributed by atoms with Gasteiger partial charge in [0.1, 0.15) is 5.41 Å². The number of amides is 1. The van der Waals surface area contributed by atoms with Crippen molar-refractivity contribution in [1.29, 1.82) is 5.26 Å². The second-order valence-electron chi connectivity index (χ2n) is 5.35. The van der Waals surface area contributed by atoms with Gasteiger partial charge in [0.15, 0.2) is 0 Å². The first-order valence-electron chi connectivity index (χ1n) is 6.92. The van der Waals surface area contributed by atoms with E-state index in [1.165, 1.54) is 0 Å². The predicted molar refractivity (Wildman–Crippen MR) is 81.9 cm³/mol. The van der Waals surface area contributed by atoms with Crippen molar-refractivity contribution in [3.63, 3.8) is 0 Å². The van der Waals surface area contributed by atoms with Crippen molar-refractivity contribution in [3.8, 4) is 6.07 Å². The fraction of sp³-hybridized carbons (Fsp3) is 0.312. The van der Waals surface area contributed by atoms with E-state index in [2.05, 4.69) is 16.4 Å². The molecule has 1 fully saturated rings. The number of pyridine rings is 1. The summed E-state index contributed by atoms with van der Waals surface area (Å²) in [7, 11) is 0. The predicted octanol–water partition coefficient (Wildman–Crippen LogP) is 3.91. The van der Waals surface area contributed by atoms with Gasteiger partial charge in [-0.3, -0.25) is 9.78 Å². The minimum Gasteiger partial charge on any atom is -0.323 e. The topological polar surface area (TPSA) is 65.8 Å². The van der Waals surface area contributed by atoms with E-state index in [4.69, 9.17) is 11.6 Å². The van der Waals surface area contributed by atoms with E-state index in [0.717, 1.165) is 18.2 Å². The number of hydrogen-bond donors (Lipinski definition) is 1. The van der Waals surface area contributed by atoms with Gasteiger partial charge >= 0.3 is 0 Å². The number of nitriles is 1. The van der Waals surface area contributed by atoms with Crippen LogP contribution in [0.1, 0.15) is 25.7 Å². The number of benzene rings is 1. The number of halogens is 1. The Morgan fingerprint density at radius 1 is 1.33 bits per heavy atom. The lowest BCUT2D eigenvalue weighted by molar-refractivity contribution is -0.122. The highest BCUT2D eigenvalue weighted by Gasteiger charge is 2.41. The summed E-state index contributed by atoms with van der Waals surface area (Å²) in [6, 6.07) is 9.32. The molecule has 0 saturated heterocycles. The van der Waals surface area contributed by atoms with Crippen molar-refractivity contribution < 1.29 is 4.79 Å². The van der Waals surface area contributed by atoms with Crippen LogP contribution in [0.25, 0.3) is 10.9 Å². The molecule has 1 aliphatic carbocycles. The third-order valence-electron chi connectivity index (χ3n) is 4.07. The second-order valence-corrected chi connectivity index (χ2v) is 5.76. The van der Waals surface area contributed by atoms with Gasteiger partial charge in [0.25, 0.3) is 0 Å². The smallest absolute Gasteiger partial charge is 0.244 e. The van der Waals surface area contributed by atoms with Crippen LogP contribution in [0.2, 0.25) is 5.02 Å². The maximum Gasteiger partial charge on any atom is 0.244 e. The van der Waals surface area contributed by atoms with Crippen molar-refractivity contribution >= 4 is 34.1 Å². The average Bonchev–Trinajstić information content (AvgIpc) is 3.00. The van der Waals surface area contributed by atoms with Crippen LogP contribution in [-0.2, 0) is 4.79 Å². The first kappa shape index (κ1) is 13.8. The molecule has 106 valence electrons. The molecular formula is C16H14ClN3O. The Balaban J connectivity index is 1.98. The maximum absolute atomic E-state index is 12.5. The monoisotopic (exact) mass is 299 g/mol. The highest BCUT2D eigenvalue weighted by Crippen LogP contribution is 2.39. The molecule has 0 spiro atoms. The van der Waals surface area contributed by atoms with Gasteiger partial charge in [0.05, 0.1) is 22.3 Å². The summed E-state index contributed by atoms with van der Waals surface area (Å²) in [5.41, 5.74) is 0.340. The molecule has 1 amide bonds. The zero-order chi connectivity index (χ0) is 14.9. The Morgan fingerprint density at radius 2 is 2.10 bits per heavy atom. The van der Waals surface area contributed by atoms with Crippen LogP contribution in [0.4, 0.5) is 5.69 Å². The summed E-state index contributed by atoms with van der Waals surface area (Å²) in [6.45, 7) is 0. The number of carbonyl (C=O) groups is 1. The Hall–Kier alpha value is -2.12. The Bertz CT molecular complexity index is 745. The molecule has 0 atom stereocenters. The molecule has 5 heteroatoms. The van der Waals surface area contributed by atoms with E-state index in [-0.39, 0.29) is 5.91 Å². The average molecular weight is 300 g/mol. The van der Waals surface area contributed by atoms with Crippen LogP contribution >= 0.6 is 11.6 Å². The molecule has 1 aliphatic rings. The number of aromatic nitrogens is 1. The van der Waals surface area contributed by atoms with E-state index in [1.807, 2.05) is 6.07 Å². The van der Waals surface area contributed by atoms with Gasteiger partial charge < -0.3 is 5.32 Å². The Labute approximate surface area is 127 Å². The number of nitrogens with zero attached hydrogens (tertiary/aromatic N) is 2. The highest BCUT2D eigenvalue weighted by atomic mass is 35.5. The van der Waals surface area contributed by atoms with Gasteiger partial charge in [0, 0.05) is 11.6 Å². The lowest BCUT2D eigenvalue weighted by Crippen LogP contribution is -2.32.